The maximum Gasteiger partial charge on any atom is 0.0121 e. The summed E-state index contributed by atoms with van der Waals surface area (Å²) in [7, 11) is 0. The minimum atomic E-state index is 0.0517. The van der Waals surface area contributed by atoms with Gasteiger partial charge >= 0.3 is 0 Å². The van der Waals surface area contributed by atoms with E-state index in [1.165, 1.54) is 77.2 Å². The van der Waals surface area contributed by atoms with Crippen LogP contribution in [0, 0.1) is 6.92 Å². The van der Waals surface area contributed by atoms with E-state index >= 15 is 0 Å². The summed E-state index contributed by atoms with van der Waals surface area (Å²) in [6, 6.07) is 43.3. The Morgan fingerprint density at radius 1 is 0.525 bits per heavy atom. The highest BCUT2D eigenvalue weighted by Gasteiger charge is 2.40. The molecule has 0 heterocycles. The Balaban J connectivity index is 1.44. The molecule has 8 rings (SSSR count). The van der Waals surface area contributed by atoms with Crippen molar-refractivity contribution < 1.29 is 0 Å². The summed E-state index contributed by atoms with van der Waals surface area (Å²) in [5.74, 6) is 0. The van der Waals surface area contributed by atoms with Gasteiger partial charge in [-0.15, -0.1) is 0 Å². The van der Waals surface area contributed by atoms with Gasteiger partial charge < -0.3 is 0 Å². The third-order valence-electron chi connectivity index (χ3n) is 9.51. The molecule has 2 aliphatic rings. The minimum Gasteiger partial charge on any atom is -0.0620 e. The molecule has 0 amide bonds. The van der Waals surface area contributed by atoms with Gasteiger partial charge in [-0.1, -0.05) is 134 Å². The number of hydrogen-bond donors (Lipinski definition) is 0. The van der Waals surface area contributed by atoms with Gasteiger partial charge in [-0.05, 0) is 97.5 Å². The molecular weight excluding hydrogens is 480 g/mol. The van der Waals surface area contributed by atoms with E-state index in [1.807, 2.05) is 0 Å². The average Bonchev–Trinajstić information content (AvgIpc) is 3.22. The first kappa shape index (κ1) is 23.5. The molecule has 6 aromatic rings. The SMILES string of the molecule is Cc1ccc(-c2c3ccccc3c(-c3ccc4c(c3)C3=C(CCc5ccccc53)C4(C)C)c3ccccc23)cc1. The van der Waals surface area contributed by atoms with E-state index < -0.39 is 0 Å². The highest BCUT2D eigenvalue weighted by Crippen LogP contribution is 2.54. The Kier molecular flexibility index (Phi) is 5.01. The second-order valence-corrected chi connectivity index (χ2v) is 12.1. The molecule has 0 saturated carbocycles. The van der Waals surface area contributed by atoms with Crippen LogP contribution < -0.4 is 0 Å². The van der Waals surface area contributed by atoms with E-state index in [0.29, 0.717) is 0 Å². The number of benzene rings is 6. The molecule has 0 N–H and O–H groups in total. The smallest absolute Gasteiger partial charge is 0.0121 e. The molecule has 40 heavy (non-hydrogen) atoms. The van der Waals surface area contributed by atoms with Crippen molar-refractivity contribution in [2.45, 2.75) is 39.0 Å². The maximum atomic E-state index is 2.50. The first-order valence-electron chi connectivity index (χ1n) is 14.5. The van der Waals surface area contributed by atoms with Gasteiger partial charge in [0.15, 0.2) is 0 Å². The molecule has 0 spiro atoms. The highest BCUT2D eigenvalue weighted by molar-refractivity contribution is 6.21. The van der Waals surface area contributed by atoms with Crippen molar-refractivity contribution in [2.75, 3.05) is 0 Å². The molecule has 0 saturated heterocycles. The van der Waals surface area contributed by atoms with E-state index in [4.69, 9.17) is 0 Å². The van der Waals surface area contributed by atoms with Crippen molar-refractivity contribution in [3.05, 3.63) is 149 Å². The van der Waals surface area contributed by atoms with Crippen LogP contribution >= 0.6 is 0 Å². The molecule has 0 radical (unpaired) electrons. The Bertz CT molecular complexity index is 1960. The molecule has 0 fully saturated rings. The predicted octanol–water partition coefficient (Wildman–Crippen LogP) is 10.7. The summed E-state index contributed by atoms with van der Waals surface area (Å²) in [4.78, 5) is 0. The highest BCUT2D eigenvalue weighted by atomic mass is 14.4. The topological polar surface area (TPSA) is 0 Å². The zero-order chi connectivity index (χ0) is 27.0. The lowest BCUT2D eigenvalue weighted by Crippen LogP contribution is -2.19. The third-order valence-corrected chi connectivity index (χ3v) is 9.51. The van der Waals surface area contributed by atoms with Crippen molar-refractivity contribution in [2.24, 2.45) is 0 Å². The summed E-state index contributed by atoms with van der Waals surface area (Å²) in [6.07, 6.45) is 2.27. The Morgan fingerprint density at radius 2 is 1.07 bits per heavy atom. The van der Waals surface area contributed by atoms with Crippen LogP contribution in [0.2, 0.25) is 0 Å². The second-order valence-electron chi connectivity index (χ2n) is 12.1. The van der Waals surface area contributed by atoms with Gasteiger partial charge in [-0.3, -0.25) is 0 Å². The molecule has 0 aliphatic heterocycles. The van der Waals surface area contributed by atoms with Crippen molar-refractivity contribution in [3.63, 3.8) is 0 Å². The summed E-state index contributed by atoms with van der Waals surface area (Å²) in [5, 5.41) is 5.24. The summed E-state index contributed by atoms with van der Waals surface area (Å²) >= 11 is 0. The van der Waals surface area contributed by atoms with E-state index in [9.17, 15) is 0 Å². The normalized spacial score (nSPS) is 15.3. The maximum absolute atomic E-state index is 2.50. The van der Waals surface area contributed by atoms with Crippen LogP contribution in [0.1, 0.15) is 48.1 Å². The fourth-order valence-corrected chi connectivity index (χ4v) is 7.55. The molecular formula is C40H32. The molecule has 0 unspecified atom stereocenters. The van der Waals surface area contributed by atoms with Crippen molar-refractivity contribution >= 4 is 27.1 Å². The van der Waals surface area contributed by atoms with Gasteiger partial charge in [0.05, 0.1) is 0 Å². The first-order valence-corrected chi connectivity index (χ1v) is 14.5. The number of allylic oxidation sites excluding steroid dienone is 1. The van der Waals surface area contributed by atoms with E-state index in [2.05, 4.69) is 136 Å². The monoisotopic (exact) mass is 512 g/mol. The van der Waals surface area contributed by atoms with Gasteiger partial charge in [0.1, 0.15) is 0 Å². The molecule has 6 aromatic carbocycles. The fourth-order valence-electron chi connectivity index (χ4n) is 7.55. The number of fused-ring (bicyclic) bond motifs is 6. The van der Waals surface area contributed by atoms with Crippen LogP contribution in [-0.4, -0.2) is 0 Å². The standard InChI is InChI=1S/C40H32/c1-25-16-18-27(19-17-25)37-30-12-6-8-14-32(30)38(33-15-9-7-13-31(33)37)28-21-22-35-34(24-28)39-29-11-5-4-10-26(29)20-23-36(39)40(35,2)3/h4-19,21-22,24H,20,23H2,1-3H3. The number of hydrogen-bond acceptors (Lipinski definition) is 0. The molecule has 0 heteroatoms. The zero-order valence-electron chi connectivity index (χ0n) is 23.4. The molecule has 0 atom stereocenters. The van der Waals surface area contributed by atoms with Gasteiger partial charge in [0.2, 0.25) is 0 Å². The lowest BCUT2D eigenvalue weighted by molar-refractivity contribution is 0.604. The summed E-state index contributed by atoms with van der Waals surface area (Å²) in [5.41, 5.74) is 15.4. The Morgan fingerprint density at radius 3 is 1.73 bits per heavy atom. The minimum absolute atomic E-state index is 0.0517. The lowest BCUT2D eigenvalue weighted by atomic mass is 9.76. The first-order chi connectivity index (χ1) is 19.5. The lowest BCUT2D eigenvalue weighted by Gasteiger charge is -2.27. The Labute approximate surface area is 236 Å². The van der Waals surface area contributed by atoms with Crippen LogP contribution in [0.15, 0.2) is 121 Å². The van der Waals surface area contributed by atoms with Crippen LogP contribution in [0.25, 0.3) is 49.4 Å². The fraction of sp³-hybridized carbons (Fsp3) is 0.150. The molecule has 0 bridgehead atoms. The largest absolute Gasteiger partial charge is 0.0620 e. The van der Waals surface area contributed by atoms with Crippen LogP contribution in [0.3, 0.4) is 0 Å². The van der Waals surface area contributed by atoms with Gasteiger partial charge in [0, 0.05) is 5.41 Å². The van der Waals surface area contributed by atoms with Crippen molar-refractivity contribution in [3.8, 4) is 22.3 Å². The van der Waals surface area contributed by atoms with Crippen LogP contribution in [0.4, 0.5) is 0 Å². The molecule has 2 aliphatic carbocycles. The molecule has 0 nitrogen and oxygen atoms in total. The van der Waals surface area contributed by atoms with Gasteiger partial charge in [-0.25, -0.2) is 0 Å². The van der Waals surface area contributed by atoms with Gasteiger partial charge in [-0.2, -0.15) is 0 Å². The van der Waals surface area contributed by atoms with E-state index in [0.717, 1.165) is 12.8 Å². The Hall–Kier alpha value is -4.42. The average molecular weight is 513 g/mol. The second kappa shape index (κ2) is 8.54. The number of aryl methyl sites for hydroxylation is 2. The predicted molar refractivity (Wildman–Crippen MR) is 171 cm³/mol. The van der Waals surface area contributed by atoms with Crippen molar-refractivity contribution in [1.29, 1.82) is 0 Å². The van der Waals surface area contributed by atoms with Gasteiger partial charge in [0.25, 0.3) is 0 Å². The van der Waals surface area contributed by atoms with Crippen LogP contribution in [-0.2, 0) is 11.8 Å². The van der Waals surface area contributed by atoms with Crippen LogP contribution in [0.5, 0.6) is 0 Å². The zero-order valence-corrected chi connectivity index (χ0v) is 23.4. The quantitative estimate of drug-likeness (QED) is 0.202. The molecule has 192 valence electrons. The summed E-state index contributed by atoms with van der Waals surface area (Å²) < 4.78 is 0. The summed E-state index contributed by atoms with van der Waals surface area (Å²) in [6.45, 7) is 7.00. The van der Waals surface area contributed by atoms with Crippen molar-refractivity contribution in [1.82, 2.24) is 0 Å². The van der Waals surface area contributed by atoms with E-state index in [1.54, 1.807) is 5.57 Å². The third kappa shape index (κ3) is 3.26. The van der Waals surface area contributed by atoms with E-state index in [-0.39, 0.29) is 5.41 Å². The number of rotatable bonds is 2. The molecule has 0 aromatic heterocycles.